The van der Waals surface area contributed by atoms with E-state index in [1.54, 1.807) is 0 Å². The highest BCUT2D eigenvalue weighted by atomic mass is 28.4. The Hall–Kier alpha value is -0.609. The first-order valence-corrected chi connectivity index (χ1v) is 38.3. The zero-order valence-electron chi connectivity index (χ0n) is 49.4. The third-order valence-corrected chi connectivity index (χ3v) is 34.3. The van der Waals surface area contributed by atoms with Crippen LogP contribution in [0.3, 0.4) is 0 Å². The van der Waals surface area contributed by atoms with Crippen molar-refractivity contribution in [2.75, 3.05) is 13.7 Å². The number of hydrogen-bond acceptors (Lipinski definition) is 12. The Kier molecular flexibility index (Phi) is 24.5. The average Bonchev–Trinajstić information content (AvgIpc) is 4.03. The summed E-state index contributed by atoms with van der Waals surface area (Å²) in [6, 6.07) is 9.67. The van der Waals surface area contributed by atoms with Crippen LogP contribution in [0.15, 0.2) is 37.5 Å². The SMILES string of the molecule is C=CCC(O)C[C@@H]1[C@@H](OC)[C@@H](CC(CO[Si](CC)(CC)CC)O[Si](CC)(CC)CC)O[C@H]1CC1O[C@@H](CC[C@@H]2OC(CC[C@]34C[C@@H](O)[C@H](O3)[C@H]3C[C@@H](O4)C(O[Si](CC)(CC)CC)[C@H](CC=C)O3)CC2=C)C[C@@H](C)C1C. The highest BCUT2D eigenvalue weighted by molar-refractivity contribution is 6.74. The Bertz CT molecular complexity index is 1720. The maximum atomic E-state index is 11.4. The molecule has 15 heteroatoms. The molecule has 75 heavy (non-hydrogen) atoms. The predicted octanol–water partition coefficient (Wildman–Crippen LogP) is 13.0. The van der Waals surface area contributed by atoms with Crippen LogP contribution in [0.1, 0.15) is 160 Å². The minimum absolute atomic E-state index is 0.00324. The molecule has 0 aliphatic carbocycles. The van der Waals surface area contributed by atoms with E-state index in [4.69, 9.17) is 46.4 Å². The topological polar surface area (TPSA) is 133 Å². The van der Waals surface area contributed by atoms with E-state index in [-0.39, 0.29) is 79.2 Å². The van der Waals surface area contributed by atoms with Crippen LogP contribution in [0.4, 0.5) is 0 Å². The fourth-order valence-electron chi connectivity index (χ4n) is 14.5. The van der Waals surface area contributed by atoms with Gasteiger partial charge in [0, 0.05) is 45.1 Å². The van der Waals surface area contributed by atoms with Gasteiger partial charge in [0.05, 0.1) is 92.1 Å². The molecule has 6 heterocycles. The molecule has 434 valence electrons. The molecule has 0 radical (unpaired) electrons. The number of fused-ring (bicyclic) bond motifs is 5. The van der Waals surface area contributed by atoms with Gasteiger partial charge in [-0.05, 0) is 123 Å². The summed E-state index contributed by atoms with van der Waals surface area (Å²) >= 11 is 0. The molecule has 6 aliphatic rings. The highest BCUT2D eigenvalue weighted by Crippen LogP contribution is 2.49. The Balaban J connectivity index is 1.10. The molecule has 0 amide bonds. The second-order valence-electron chi connectivity index (χ2n) is 24.3. The monoisotopic (exact) mass is 1110 g/mol. The third kappa shape index (κ3) is 15.3. The zero-order valence-corrected chi connectivity index (χ0v) is 52.4. The molecule has 2 N–H and O–H groups in total. The van der Waals surface area contributed by atoms with Crippen LogP contribution in [0, 0.1) is 17.8 Å². The number of ether oxygens (including phenoxy) is 7. The lowest BCUT2D eigenvalue weighted by Crippen LogP contribution is -2.58. The molecule has 6 fully saturated rings. The highest BCUT2D eigenvalue weighted by Gasteiger charge is 2.59. The van der Waals surface area contributed by atoms with Gasteiger partial charge in [0.1, 0.15) is 6.10 Å². The number of rotatable bonds is 33. The summed E-state index contributed by atoms with van der Waals surface area (Å²) < 4.78 is 69.8. The number of hydrogen-bond donors (Lipinski definition) is 2. The molecule has 0 aromatic rings. The van der Waals surface area contributed by atoms with Crippen LogP contribution in [0.5, 0.6) is 0 Å². The van der Waals surface area contributed by atoms with E-state index in [0.717, 1.165) is 98.5 Å². The Morgan fingerprint density at radius 1 is 0.707 bits per heavy atom. The Labute approximate surface area is 459 Å². The molecule has 6 unspecified atom stereocenters. The number of methoxy groups -OCH3 is 1. The van der Waals surface area contributed by atoms with E-state index in [2.05, 4.69) is 95.9 Å². The molecule has 19 atom stereocenters. The summed E-state index contributed by atoms with van der Waals surface area (Å²) in [6.45, 7) is 38.4. The van der Waals surface area contributed by atoms with Crippen molar-refractivity contribution in [2.45, 2.75) is 311 Å². The Morgan fingerprint density at radius 2 is 1.37 bits per heavy atom. The van der Waals surface area contributed by atoms with Crippen LogP contribution in [0.2, 0.25) is 54.4 Å². The summed E-state index contributed by atoms with van der Waals surface area (Å²) in [7, 11) is -4.03. The van der Waals surface area contributed by atoms with E-state index < -0.39 is 49.1 Å². The molecular formula is C60H110O12Si3. The lowest BCUT2D eigenvalue weighted by atomic mass is 9.78. The summed E-state index contributed by atoms with van der Waals surface area (Å²) in [4.78, 5) is 0. The third-order valence-electron chi connectivity index (χ3n) is 20.3. The molecule has 0 saturated carbocycles. The van der Waals surface area contributed by atoms with Crippen LogP contribution in [-0.2, 0) is 46.4 Å². The molecule has 6 saturated heterocycles. The molecule has 0 aromatic heterocycles. The van der Waals surface area contributed by atoms with Crippen molar-refractivity contribution >= 4 is 25.0 Å². The normalized spacial score (nSPS) is 37.2. The van der Waals surface area contributed by atoms with Gasteiger partial charge in [0.15, 0.2) is 30.7 Å². The van der Waals surface area contributed by atoms with Gasteiger partial charge in [-0.1, -0.05) is 94.9 Å². The smallest absolute Gasteiger partial charge is 0.192 e. The van der Waals surface area contributed by atoms with Gasteiger partial charge in [-0.3, -0.25) is 0 Å². The van der Waals surface area contributed by atoms with Crippen molar-refractivity contribution in [2.24, 2.45) is 17.8 Å². The van der Waals surface area contributed by atoms with E-state index in [0.29, 0.717) is 63.4 Å². The van der Waals surface area contributed by atoms with E-state index >= 15 is 0 Å². The van der Waals surface area contributed by atoms with E-state index in [9.17, 15) is 10.2 Å². The van der Waals surface area contributed by atoms with Gasteiger partial charge < -0.3 is 56.6 Å². The van der Waals surface area contributed by atoms with Gasteiger partial charge in [0.25, 0.3) is 0 Å². The molecule has 6 rings (SSSR count). The van der Waals surface area contributed by atoms with Crippen molar-refractivity contribution in [1.82, 2.24) is 0 Å². The van der Waals surface area contributed by atoms with Crippen molar-refractivity contribution in [3.8, 4) is 0 Å². The lowest BCUT2D eigenvalue weighted by molar-refractivity contribution is -0.256. The first kappa shape index (κ1) is 63.6. The first-order chi connectivity index (χ1) is 35.9. The molecule has 0 aromatic carbocycles. The molecule has 6 aliphatic heterocycles. The quantitative estimate of drug-likeness (QED) is 0.0479. The number of aliphatic hydroxyl groups excluding tert-OH is 2. The van der Waals surface area contributed by atoms with Crippen LogP contribution < -0.4 is 0 Å². The minimum atomic E-state index is -2.00. The standard InChI is InChI=1S/C60H110O12Si3/c1-16-27-44(61)35-48-53(68-54(57(48)63-15)36-47(71-74(21-6,22-7)23-8)40-64-73(18-3,19-4)20-5)37-52-43(14)41(12)33-45(66-52)29-30-50-42(13)34-46(65-50)31-32-60-39-49(62)58(70-60)55-38-56(69-60)59(51(67-55)28-17-2)72-75(24-9,25-10)26-11/h16-17,41,43-59,61-62H,1-2,13,18-40H2,3-12,14-15H3/t41-,43?,44?,45+,46?,47?,48+,49-,50+,51+,52?,53+,54-,55-,56-,57-,58+,59?,60-/m1/s1. The summed E-state index contributed by atoms with van der Waals surface area (Å²) in [5, 5.41) is 22.8. The van der Waals surface area contributed by atoms with E-state index in [1.807, 2.05) is 19.3 Å². The molecular weight excluding hydrogens is 997 g/mol. The zero-order chi connectivity index (χ0) is 54.7. The van der Waals surface area contributed by atoms with Gasteiger partial charge >= 0.3 is 0 Å². The Morgan fingerprint density at radius 3 is 1.99 bits per heavy atom. The van der Waals surface area contributed by atoms with Crippen LogP contribution in [-0.4, -0.2) is 146 Å². The van der Waals surface area contributed by atoms with Crippen molar-refractivity contribution in [1.29, 1.82) is 0 Å². The second kappa shape index (κ2) is 28.9. The van der Waals surface area contributed by atoms with Crippen LogP contribution in [0.25, 0.3) is 0 Å². The van der Waals surface area contributed by atoms with Crippen molar-refractivity contribution in [3.63, 3.8) is 0 Å². The predicted molar refractivity (Wildman–Crippen MR) is 309 cm³/mol. The fraction of sp³-hybridized carbons (Fsp3) is 0.900. The minimum Gasteiger partial charge on any atom is -0.414 e. The summed E-state index contributed by atoms with van der Waals surface area (Å²) in [6.07, 6.45) is 9.83. The maximum absolute atomic E-state index is 11.4. The molecule has 0 spiro atoms. The first-order valence-electron chi connectivity index (χ1n) is 30.7. The van der Waals surface area contributed by atoms with Crippen molar-refractivity contribution < 1.29 is 56.6 Å². The molecule has 4 bridgehead atoms. The fourth-order valence-corrected chi connectivity index (χ4v) is 22.9. The van der Waals surface area contributed by atoms with Crippen molar-refractivity contribution in [3.05, 3.63) is 37.5 Å². The second-order valence-corrected chi connectivity index (χ2v) is 38.5. The average molecular weight is 1110 g/mol. The number of aliphatic hydroxyl groups is 2. The molecule has 12 nitrogen and oxygen atoms in total. The summed E-state index contributed by atoms with van der Waals surface area (Å²) in [5.41, 5.74) is 1.14. The van der Waals surface area contributed by atoms with Gasteiger partial charge in [-0.2, -0.15) is 0 Å². The lowest BCUT2D eigenvalue weighted by Gasteiger charge is -2.47. The summed E-state index contributed by atoms with van der Waals surface area (Å²) in [5.74, 6) is -0.127. The van der Waals surface area contributed by atoms with E-state index in [1.165, 1.54) is 0 Å². The maximum Gasteiger partial charge on any atom is 0.192 e. The largest absolute Gasteiger partial charge is 0.414 e. The van der Waals surface area contributed by atoms with Gasteiger partial charge in [0.2, 0.25) is 0 Å². The van der Waals surface area contributed by atoms with Gasteiger partial charge in [-0.15, -0.1) is 13.2 Å². The van der Waals surface area contributed by atoms with Gasteiger partial charge in [-0.25, -0.2) is 0 Å². The van der Waals surface area contributed by atoms with Crippen LogP contribution >= 0.6 is 0 Å².